The summed E-state index contributed by atoms with van der Waals surface area (Å²) in [5.74, 6) is 4.62. The summed E-state index contributed by atoms with van der Waals surface area (Å²) >= 11 is 4.73. The smallest absolute Gasteiger partial charge is 0.139 e. The quantitative estimate of drug-likeness (QED) is 0.256. The summed E-state index contributed by atoms with van der Waals surface area (Å²) in [5, 5.41) is 0. The third-order valence-corrected chi connectivity index (χ3v) is 4.47. The maximum Gasteiger partial charge on any atom is 0.139 e. The van der Waals surface area contributed by atoms with Crippen molar-refractivity contribution in [2.24, 2.45) is 4.58 Å². The van der Waals surface area contributed by atoms with Crippen molar-refractivity contribution < 1.29 is 8.78 Å². The van der Waals surface area contributed by atoms with Gasteiger partial charge in [0, 0.05) is 26.2 Å². The normalized spacial score (nSPS) is 10.1. The number of hydrogen-bond donors (Lipinski definition) is 1. The van der Waals surface area contributed by atoms with Crippen LogP contribution in [-0.4, -0.2) is 0 Å². The molecule has 3 aromatic carbocycles. The van der Waals surface area contributed by atoms with Gasteiger partial charge in [0.05, 0.1) is 16.8 Å². The van der Waals surface area contributed by atoms with Gasteiger partial charge in [-0.15, -0.1) is 17.5 Å². The van der Waals surface area contributed by atoms with E-state index in [2.05, 4.69) is 29.1 Å². The lowest BCUT2D eigenvalue weighted by molar-refractivity contribution is 0.601. The molecule has 0 unspecified atom stereocenters. The first-order chi connectivity index (χ1) is 12.6. The van der Waals surface area contributed by atoms with Gasteiger partial charge in [-0.2, -0.15) is 0 Å². The Bertz CT molecular complexity index is 1020. The fourth-order valence-electron chi connectivity index (χ4n) is 2.31. The van der Waals surface area contributed by atoms with E-state index >= 15 is 0 Å². The van der Waals surface area contributed by atoms with Crippen molar-refractivity contribution in [1.29, 1.82) is 0 Å². The lowest BCUT2D eigenvalue weighted by Gasteiger charge is -2.04. The molecule has 0 saturated carbocycles. The second-order valence-corrected chi connectivity index (χ2v) is 6.59. The van der Waals surface area contributed by atoms with Crippen LogP contribution in [0.15, 0.2) is 75.0 Å². The van der Waals surface area contributed by atoms with Crippen molar-refractivity contribution >= 4 is 24.6 Å². The molecule has 0 spiro atoms. The zero-order valence-corrected chi connectivity index (χ0v) is 15.0. The van der Waals surface area contributed by atoms with Crippen LogP contribution in [-0.2, 0) is 0 Å². The Balaban J connectivity index is 1.85. The minimum atomic E-state index is -0.574. The molecule has 3 rings (SSSR count). The Morgan fingerprint density at radius 3 is 2.04 bits per heavy atom. The fourth-order valence-corrected chi connectivity index (χ4v) is 2.81. The first-order valence-electron chi connectivity index (χ1n) is 7.47. The summed E-state index contributed by atoms with van der Waals surface area (Å²) in [6.45, 7) is 0. The predicted octanol–water partition coefficient (Wildman–Crippen LogP) is 6.09. The van der Waals surface area contributed by atoms with E-state index in [9.17, 15) is 13.7 Å². The average Bonchev–Trinajstić information content (AvgIpc) is 2.63. The lowest BCUT2D eigenvalue weighted by Crippen LogP contribution is -1.87. The van der Waals surface area contributed by atoms with Crippen LogP contribution in [0.5, 0.6) is 0 Å². The largest absolute Gasteiger partial charge is 0.206 e. The SMILES string of the molecule is O=NSc1ccc(C#Cc2ccc(-c3ccc(S)cc3)c(F)c2)cc1F. The van der Waals surface area contributed by atoms with E-state index < -0.39 is 11.6 Å². The molecule has 26 heavy (non-hydrogen) atoms. The van der Waals surface area contributed by atoms with E-state index in [0.29, 0.717) is 28.6 Å². The molecule has 0 aromatic heterocycles. The van der Waals surface area contributed by atoms with Gasteiger partial charge in [-0.05, 0) is 48.0 Å². The molecule has 0 heterocycles. The van der Waals surface area contributed by atoms with Crippen molar-refractivity contribution in [2.45, 2.75) is 9.79 Å². The monoisotopic (exact) mass is 383 g/mol. The van der Waals surface area contributed by atoms with Crippen LogP contribution in [0.25, 0.3) is 11.1 Å². The van der Waals surface area contributed by atoms with Gasteiger partial charge in [-0.25, -0.2) is 8.78 Å². The van der Waals surface area contributed by atoms with Crippen molar-refractivity contribution in [1.82, 2.24) is 0 Å². The molecule has 0 aliphatic rings. The summed E-state index contributed by atoms with van der Waals surface area (Å²) in [7, 11) is 0. The van der Waals surface area contributed by atoms with Gasteiger partial charge < -0.3 is 0 Å². The molecule has 0 fully saturated rings. The summed E-state index contributed by atoms with van der Waals surface area (Å²) in [5.41, 5.74) is 2.12. The van der Waals surface area contributed by atoms with E-state index in [4.69, 9.17) is 0 Å². The highest BCUT2D eigenvalue weighted by molar-refractivity contribution is 7.98. The average molecular weight is 383 g/mol. The van der Waals surface area contributed by atoms with E-state index in [1.807, 2.05) is 0 Å². The fraction of sp³-hybridized carbons (Fsp3) is 0. The lowest BCUT2D eigenvalue weighted by atomic mass is 10.0. The molecule has 0 aliphatic carbocycles. The van der Waals surface area contributed by atoms with Crippen molar-refractivity contribution in [2.75, 3.05) is 0 Å². The van der Waals surface area contributed by atoms with Gasteiger partial charge >= 0.3 is 0 Å². The molecule has 0 aliphatic heterocycles. The second kappa shape index (κ2) is 8.17. The first kappa shape index (κ1) is 18.2. The van der Waals surface area contributed by atoms with Crippen molar-refractivity contribution in [3.8, 4) is 23.0 Å². The zero-order valence-electron chi connectivity index (χ0n) is 13.2. The Morgan fingerprint density at radius 1 is 0.846 bits per heavy atom. The van der Waals surface area contributed by atoms with Crippen molar-refractivity contribution in [3.63, 3.8) is 0 Å². The zero-order chi connectivity index (χ0) is 18.5. The predicted molar refractivity (Wildman–Crippen MR) is 103 cm³/mol. The molecule has 0 atom stereocenters. The van der Waals surface area contributed by atoms with Crippen LogP contribution in [0.2, 0.25) is 0 Å². The third-order valence-electron chi connectivity index (χ3n) is 3.57. The maximum absolute atomic E-state index is 14.4. The minimum absolute atomic E-state index is 0.133. The Hall–Kier alpha value is -2.62. The molecular formula is C20H11F2NOS2. The van der Waals surface area contributed by atoms with E-state index in [1.54, 1.807) is 42.5 Å². The van der Waals surface area contributed by atoms with Crippen LogP contribution in [0.3, 0.4) is 0 Å². The molecule has 2 nitrogen and oxygen atoms in total. The standard InChI is InChI=1S/C20H11F2NOS2/c21-18-11-13(3-9-17(18)15-5-7-16(25)8-6-15)1-2-14-4-10-20(26-23-24)19(22)12-14/h3-12,25H. The highest BCUT2D eigenvalue weighted by atomic mass is 32.2. The number of thiol groups is 1. The Kier molecular flexibility index (Phi) is 5.71. The highest BCUT2D eigenvalue weighted by Crippen LogP contribution is 2.25. The molecule has 0 saturated heterocycles. The van der Waals surface area contributed by atoms with E-state index in [1.165, 1.54) is 18.2 Å². The minimum Gasteiger partial charge on any atom is -0.206 e. The number of nitroso groups, excluding NO2 is 1. The maximum atomic E-state index is 14.4. The third kappa shape index (κ3) is 4.31. The summed E-state index contributed by atoms with van der Waals surface area (Å²) in [6.07, 6.45) is 0. The summed E-state index contributed by atoms with van der Waals surface area (Å²) in [6, 6.07) is 16.1. The highest BCUT2D eigenvalue weighted by Gasteiger charge is 2.06. The molecular weight excluding hydrogens is 372 g/mol. The van der Waals surface area contributed by atoms with Crippen LogP contribution in [0.4, 0.5) is 8.78 Å². The molecule has 3 aromatic rings. The molecule has 0 bridgehead atoms. The number of hydrogen-bond acceptors (Lipinski definition) is 4. The number of halogens is 2. The Morgan fingerprint density at radius 2 is 1.46 bits per heavy atom. The van der Waals surface area contributed by atoms with E-state index in [0.717, 1.165) is 10.5 Å². The van der Waals surface area contributed by atoms with E-state index in [-0.39, 0.29) is 4.90 Å². The molecule has 6 heteroatoms. The van der Waals surface area contributed by atoms with Gasteiger partial charge in [0.25, 0.3) is 0 Å². The number of nitrogens with zero attached hydrogens (tertiary/aromatic N) is 1. The Labute approximate surface area is 159 Å². The molecule has 0 N–H and O–H groups in total. The topological polar surface area (TPSA) is 29.4 Å². The summed E-state index contributed by atoms with van der Waals surface area (Å²) in [4.78, 5) is 11.1. The van der Waals surface area contributed by atoms with Crippen LogP contribution >= 0.6 is 24.6 Å². The molecule has 0 amide bonds. The van der Waals surface area contributed by atoms with Crippen molar-refractivity contribution in [3.05, 3.63) is 88.3 Å². The van der Waals surface area contributed by atoms with Crippen LogP contribution < -0.4 is 0 Å². The van der Waals surface area contributed by atoms with Gasteiger partial charge in [0.2, 0.25) is 0 Å². The van der Waals surface area contributed by atoms with Crippen LogP contribution in [0.1, 0.15) is 11.1 Å². The summed E-state index contributed by atoms with van der Waals surface area (Å²) < 4.78 is 30.7. The van der Waals surface area contributed by atoms with Gasteiger partial charge in [-0.3, -0.25) is 0 Å². The number of rotatable bonds is 3. The second-order valence-electron chi connectivity index (χ2n) is 5.30. The van der Waals surface area contributed by atoms with Gasteiger partial charge in [0.15, 0.2) is 0 Å². The van der Waals surface area contributed by atoms with Gasteiger partial charge in [0.1, 0.15) is 11.6 Å². The number of benzene rings is 3. The first-order valence-corrected chi connectivity index (χ1v) is 8.69. The van der Waals surface area contributed by atoms with Gasteiger partial charge in [-0.1, -0.05) is 30.0 Å². The van der Waals surface area contributed by atoms with Crippen LogP contribution in [0, 0.1) is 28.4 Å². The molecule has 0 radical (unpaired) electrons. The molecule has 128 valence electrons.